The number of ether oxygens (including phenoxy) is 1. The average molecular weight is 479 g/mol. The first-order valence-corrected chi connectivity index (χ1v) is 11.4. The van der Waals surface area contributed by atoms with Crippen LogP contribution in [0.4, 0.5) is 11.4 Å². The van der Waals surface area contributed by atoms with E-state index < -0.39 is 6.10 Å². The Hall–Kier alpha value is -4.92. The molecular formula is C27H21N5O4. The fourth-order valence-corrected chi connectivity index (χ4v) is 4.14. The second kappa shape index (κ2) is 8.70. The molecule has 9 nitrogen and oxygen atoms in total. The van der Waals surface area contributed by atoms with Gasteiger partial charge in [-0.1, -0.05) is 30.3 Å². The zero-order valence-corrected chi connectivity index (χ0v) is 19.3. The molecule has 178 valence electrons. The lowest BCUT2D eigenvalue weighted by molar-refractivity contribution is -0.122. The molecule has 5 aromatic rings. The number of hydrogen-bond donors (Lipinski definition) is 2. The molecule has 1 atom stereocenters. The van der Waals surface area contributed by atoms with Gasteiger partial charge in [-0.15, -0.1) is 0 Å². The molecule has 0 fully saturated rings. The predicted molar refractivity (Wildman–Crippen MR) is 134 cm³/mol. The second-order valence-electron chi connectivity index (χ2n) is 8.45. The minimum absolute atomic E-state index is 0.238. The minimum Gasteiger partial charge on any atom is -0.479 e. The summed E-state index contributed by atoms with van der Waals surface area (Å²) in [5, 5.41) is 10.8. The van der Waals surface area contributed by atoms with Gasteiger partial charge in [-0.3, -0.25) is 9.59 Å². The molecule has 0 radical (unpaired) electrons. The van der Waals surface area contributed by atoms with Crippen LogP contribution in [-0.2, 0) is 11.3 Å². The molecule has 2 N–H and O–H groups in total. The number of nitrogens with zero attached hydrogens (tertiary/aromatic N) is 3. The third kappa shape index (κ3) is 3.96. The molecule has 36 heavy (non-hydrogen) atoms. The number of hydrogen-bond acceptors (Lipinski definition) is 6. The average Bonchev–Trinajstić information content (AvgIpc) is 3.55. The van der Waals surface area contributed by atoms with Gasteiger partial charge in [0, 0.05) is 11.3 Å². The number of benzene rings is 2. The molecule has 4 heterocycles. The van der Waals surface area contributed by atoms with Crippen LogP contribution in [0.15, 0.2) is 83.6 Å². The first-order chi connectivity index (χ1) is 17.5. The van der Waals surface area contributed by atoms with Crippen molar-refractivity contribution in [1.29, 1.82) is 0 Å². The van der Waals surface area contributed by atoms with Gasteiger partial charge in [-0.2, -0.15) is 5.10 Å². The van der Waals surface area contributed by atoms with Crippen molar-refractivity contribution in [2.75, 3.05) is 10.6 Å². The van der Waals surface area contributed by atoms with Gasteiger partial charge >= 0.3 is 0 Å². The Morgan fingerprint density at radius 2 is 1.97 bits per heavy atom. The van der Waals surface area contributed by atoms with Crippen LogP contribution < -0.4 is 15.4 Å². The summed E-state index contributed by atoms with van der Waals surface area (Å²) in [7, 11) is 0. The van der Waals surface area contributed by atoms with E-state index in [-0.39, 0.29) is 11.8 Å². The van der Waals surface area contributed by atoms with Gasteiger partial charge in [0.05, 0.1) is 34.8 Å². The standard InChI is InChI=1S/C27H21N5O4/c1-16-26(33)31-23-12-18(9-10-24(23)36-16)29-27(34)20-13-22(17-6-3-2-4-7-17)30-25-21(20)14-28-32(25)15-19-8-5-11-35-19/h2-14,16H,15H2,1H3,(H,29,34)(H,31,33). The van der Waals surface area contributed by atoms with Crippen molar-refractivity contribution >= 4 is 34.2 Å². The summed E-state index contributed by atoms with van der Waals surface area (Å²) in [6.07, 6.45) is 2.67. The lowest BCUT2D eigenvalue weighted by atomic mass is 10.1. The lowest BCUT2D eigenvalue weighted by Crippen LogP contribution is -2.34. The normalized spacial score (nSPS) is 14.7. The van der Waals surface area contributed by atoms with E-state index in [0.717, 1.165) is 11.3 Å². The van der Waals surface area contributed by atoms with E-state index in [9.17, 15) is 9.59 Å². The number of carbonyl (C=O) groups is 2. The van der Waals surface area contributed by atoms with Crippen molar-refractivity contribution in [3.8, 4) is 17.0 Å². The molecule has 0 bridgehead atoms. The number of carbonyl (C=O) groups excluding carboxylic acids is 2. The maximum absolute atomic E-state index is 13.5. The quantitative estimate of drug-likeness (QED) is 0.378. The Labute approximate surface area is 205 Å². The molecule has 9 heteroatoms. The van der Waals surface area contributed by atoms with Crippen molar-refractivity contribution in [2.24, 2.45) is 0 Å². The lowest BCUT2D eigenvalue weighted by Gasteiger charge is -2.23. The highest BCUT2D eigenvalue weighted by atomic mass is 16.5. The molecule has 0 spiro atoms. The summed E-state index contributed by atoms with van der Waals surface area (Å²) >= 11 is 0. The number of amides is 2. The molecule has 2 aromatic carbocycles. The third-order valence-corrected chi connectivity index (χ3v) is 5.98. The first kappa shape index (κ1) is 21.6. The van der Waals surface area contributed by atoms with Crippen LogP contribution >= 0.6 is 0 Å². The molecule has 0 saturated heterocycles. The Morgan fingerprint density at radius 3 is 2.78 bits per heavy atom. The zero-order valence-electron chi connectivity index (χ0n) is 19.3. The maximum atomic E-state index is 13.5. The molecular weight excluding hydrogens is 458 g/mol. The smallest absolute Gasteiger partial charge is 0.265 e. The van der Waals surface area contributed by atoms with Gasteiger partial charge in [0.2, 0.25) is 0 Å². The molecule has 0 saturated carbocycles. The summed E-state index contributed by atoms with van der Waals surface area (Å²) in [6, 6.07) is 20.2. The zero-order chi connectivity index (χ0) is 24.6. The Morgan fingerprint density at radius 1 is 1.11 bits per heavy atom. The van der Waals surface area contributed by atoms with Gasteiger partial charge in [-0.05, 0) is 43.3 Å². The number of furan rings is 1. The Balaban J connectivity index is 1.39. The molecule has 3 aromatic heterocycles. The van der Waals surface area contributed by atoms with Crippen LogP contribution in [-0.4, -0.2) is 32.7 Å². The highest BCUT2D eigenvalue weighted by Gasteiger charge is 2.24. The van der Waals surface area contributed by atoms with E-state index in [0.29, 0.717) is 46.0 Å². The summed E-state index contributed by atoms with van der Waals surface area (Å²) in [6.45, 7) is 2.06. The Kier molecular flexibility index (Phi) is 5.22. The second-order valence-corrected chi connectivity index (χ2v) is 8.45. The van der Waals surface area contributed by atoms with E-state index in [1.807, 2.05) is 42.5 Å². The van der Waals surface area contributed by atoms with Crippen molar-refractivity contribution in [1.82, 2.24) is 14.8 Å². The van der Waals surface area contributed by atoms with E-state index in [1.54, 1.807) is 48.3 Å². The number of aromatic nitrogens is 3. The highest BCUT2D eigenvalue weighted by Crippen LogP contribution is 2.33. The van der Waals surface area contributed by atoms with Crippen molar-refractivity contribution in [3.63, 3.8) is 0 Å². The maximum Gasteiger partial charge on any atom is 0.265 e. The van der Waals surface area contributed by atoms with Crippen molar-refractivity contribution in [2.45, 2.75) is 19.6 Å². The number of anilines is 2. The van der Waals surface area contributed by atoms with Crippen LogP contribution in [0.3, 0.4) is 0 Å². The van der Waals surface area contributed by atoms with Gasteiger partial charge in [0.25, 0.3) is 11.8 Å². The topological polar surface area (TPSA) is 111 Å². The number of nitrogens with one attached hydrogen (secondary N) is 2. The van der Waals surface area contributed by atoms with Gasteiger partial charge in [-0.25, -0.2) is 9.67 Å². The number of fused-ring (bicyclic) bond motifs is 2. The van der Waals surface area contributed by atoms with E-state index in [2.05, 4.69) is 15.7 Å². The molecule has 0 aliphatic carbocycles. The summed E-state index contributed by atoms with van der Waals surface area (Å²) in [5.41, 5.74) is 3.55. The fourth-order valence-electron chi connectivity index (χ4n) is 4.14. The molecule has 1 aliphatic heterocycles. The Bertz CT molecular complexity index is 1590. The molecule has 6 rings (SSSR count). The summed E-state index contributed by atoms with van der Waals surface area (Å²) in [4.78, 5) is 30.3. The van der Waals surface area contributed by atoms with Crippen molar-refractivity contribution in [3.05, 3.63) is 90.5 Å². The van der Waals surface area contributed by atoms with E-state index in [1.165, 1.54) is 0 Å². The van der Waals surface area contributed by atoms with Crippen molar-refractivity contribution < 1.29 is 18.7 Å². The third-order valence-electron chi connectivity index (χ3n) is 5.98. The number of rotatable bonds is 5. The van der Waals surface area contributed by atoms with Gasteiger partial charge < -0.3 is 19.8 Å². The van der Waals surface area contributed by atoms with Crippen LogP contribution in [0.25, 0.3) is 22.3 Å². The van der Waals surface area contributed by atoms with Crippen LogP contribution in [0.2, 0.25) is 0 Å². The fraction of sp³-hybridized carbons (Fsp3) is 0.111. The minimum atomic E-state index is -0.572. The highest BCUT2D eigenvalue weighted by molar-refractivity contribution is 6.13. The van der Waals surface area contributed by atoms with Crippen LogP contribution in [0.5, 0.6) is 5.75 Å². The molecule has 1 aliphatic rings. The summed E-state index contributed by atoms with van der Waals surface area (Å²) < 4.78 is 12.8. The first-order valence-electron chi connectivity index (χ1n) is 11.4. The molecule has 2 amide bonds. The van der Waals surface area contributed by atoms with Crippen LogP contribution in [0, 0.1) is 0 Å². The van der Waals surface area contributed by atoms with E-state index in [4.69, 9.17) is 14.1 Å². The van der Waals surface area contributed by atoms with Gasteiger partial charge in [0.1, 0.15) is 18.1 Å². The monoisotopic (exact) mass is 479 g/mol. The van der Waals surface area contributed by atoms with Crippen LogP contribution in [0.1, 0.15) is 23.0 Å². The predicted octanol–water partition coefficient (Wildman–Crippen LogP) is 4.71. The summed E-state index contributed by atoms with van der Waals surface area (Å²) in [5.74, 6) is 0.717. The number of pyridine rings is 1. The molecule has 1 unspecified atom stereocenters. The van der Waals surface area contributed by atoms with E-state index >= 15 is 0 Å². The SMILES string of the molecule is CC1Oc2ccc(NC(=O)c3cc(-c4ccccc4)nc4c3cnn4Cc3ccco3)cc2NC1=O. The largest absolute Gasteiger partial charge is 0.479 e. The van der Waals surface area contributed by atoms with Gasteiger partial charge in [0.15, 0.2) is 11.8 Å².